The molecule has 0 atom stereocenters. The second-order valence-electron chi connectivity index (χ2n) is 2.78. The van der Waals surface area contributed by atoms with Crippen LogP contribution in [0.1, 0.15) is 13.3 Å². The highest BCUT2D eigenvalue weighted by Gasteiger charge is 2.04. The van der Waals surface area contributed by atoms with E-state index >= 15 is 0 Å². The second-order valence-corrected chi connectivity index (χ2v) is 3.94. The summed E-state index contributed by atoms with van der Waals surface area (Å²) >= 11 is 1.92. The van der Waals surface area contributed by atoms with Gasteiger partial charge in [-0.05, 0) is 35.1 Å². The summed E-state index contributed by atoms with van der Waals surface area (Å²) in [6.45, 7) is 2.86. The summed E-state index contributed by atoms with van der Waals surface area (Å²) in [4.78, 5) is 0. The molecule has 2 nitrogen and oxygen atoms in total. The Morgan fingerprint density at radius 2 is 2.23 bits per heavy atom. The molecule has 0 bridgehead atoms. The Morgan fingerprint density at radius 1 is 1.54 bits per heavy atom. The monoisotopic (exact) mass is 294 g/mol. The van der Waals surface area contributed by atoms with Crippen LogP contribution in [-0.2, 0) is 0 Å². The largest absolute Gasteiger partial charge is 0.397 e. The van der Waals surface area contributed by atoms with E-state index in [1.165, 1.54) is 6.07 Å². The van der Waals surface area contributed by atoms with Crippen LogP contribution in [0.2, 0.25) is 0 Å². The van der Waals surface area contributed by atoms with Crippen molar-refractivity contribution in [3.05, 3.63) is 21.5 Å². The summed E-state index contributed by atoms with van der Waals surface area (Å²) in [6.07, 6.45) is 0.993. The van der Waals surface area contributed by atoms with Crippen molar-refractivity contribution in [1.82, 2.24) is 0 Å². The molecule has 3 N–H and O–H groups in total. The van der Waals surface area contributed by atoms with Crippen molar-refractivity contribution in [3.8, 4) is 0 Å². The van der Waals surface area contributed by atoms with Gasteiger partial charge in [0, 0.05) is 12.6 Å². The fourth-order valence-electron chi connectivity index (χ4n) is 0.975. The third kappa shape index (κ3) is 2.72. The Labute approximate surface area is 90.8 Å². The van der Waals surface area contributed by atoms with Crippen LogP contribution in [-0.4, -0.2) is 6.54 Å². The summed E-state index contributed by atoms with van der Waals surface area (Å²) in [6, 6.07) is 3.07. The van der Waals surface area contributed by atoms with E-state index in [1.807, 2.05) is 29.5 Å². The Balaban J connectivity index is 2.88. The van der Waals surface area contributed by atoms with Gasteiger partial charge < -0.3 is 11.1 Å². The Kier molecular flexibility index (Phi) is 3.77. The molecule has 0 aliphatic heterocycles. The van der Waals surface area contributed by atoms with Gasteiger partial charge >= 0.3 is 0 Å². The van der Waals surface area contributed by atoms with Gasteiger partial charge in [-0.2, -0.15) is 0 Å². The van der Waals surface area contributed by atoms with Gasteiger partial charge in [-0.3, -0.25) is 0 Å². The number of rotatable bonds is 3. The van der Waals surface area contributed by atoms with Gasteiger partial charge in [0.05, 0.1) is 14.9 Å². The molecule has 0 spiro atoms. The van der Waals surface area contributed by atoms with Crippen LogP contribution in [0.15, 0.2) is 12.1 Å². The van der Waals surface area contributed by atoms with E-state index in [-0.39, 0.29) is 5.82 Å². The van der Waals surface area contributed by atoms with E-state index in [0.29, 0.717) is 14.9 Å². The number of nitrogens with two attached hydrogens (primary N) is 1. The fourth-order valence-corrected chi connectivity index (χ4v) is 1.47. The zero-order chi connectivity index (χ0) is 9.84. The number of halogens is 2. The Bertz CT molecular complexity index is 302. The van der Waals surface area contributed by atoms with Crippen LogP contribution in [0.5, 0.6) is 0 Å². The first-order chi connectivity index (χ1) is 6.15. The van der Waals surface area contributed by atoms with E-state index in [9.17, 15) is 4.39 Å². The predicted molar refractivity (Wildman–Crippen MR) is 62.3 cm³/mol. The quantitative estimate of drug-likeness (QED) is 0.664. The molecule has 0 unspecified atom stereocenters. The average molecular weight is 294 g/mol. The first-order valence-electron chi connectivity index (χ1n) is 4.13. The standard InChI is InChI=1S/C9H12FIN2/c1-2-3-13-9-4-6(10)7(11)5-8(9)12/h4-5,13H,2-3,12H2,1H3. The first-order valence-corrected chi connectivity index (χ1v) is 5.21. The SMILES string of the molecule is CCCNc1cc(F)c(I)cc1N. The summed E-state index contributed by atoms with van der Waals surface area (Å²) in [5, 5.41) is 3.06. The molecule has 1 aromatic carbocycles. The molecular formula is C9H12FIN2. The molecule has 0 saturated heterocycles. The average Bonchev–Trinajstić information content (AvgIpc) is 2.09. The van der Waals surface area contributed by atoms with Crippen molar-refractivity contribution in [3.63, 3.8) is 0 Å². The van der Waals surface area contributed by atoms with E-state index in [0.717, 1.165) is 13.0 Å². The first kappa shape index (κ1) is 10.6. The lowest BCUT2D eigenvalue weighted by atomic mass is 10.2. The smallest absolute Gasteiger partial charge is 0.138 e. The molecule has 1 rings (SSSR count). The van der Waals surface area contributed by atoms with Crippen LogP contribution in [0, 0.1) is 9.39 Å². The van der Waals surface area contributed by atoms with Gasteiger partial charge in [0.15, 0.2) is 0 Å². The number of nitrogen functional groups attached to an aromatic ring is 1. The molecular weight excluding hydrogens is 282 g/mol. The lowest BCUT2D eigenvalue weighted by Gasteiger charge is -2.08. The highest BCUT2D eigenvalue weighted by Crippen LogP contribution is 2.23. The third-order valence-electron chi connectivity index (χ3n) is 1.66. The van der Waals surface area contributed by atoms with Gasteiger partial charge in [-0.1, -0.05) is 6.92 Å². The number of hydrogen-bond acceptors (Lipinski definition) is 2. The van der Waals surface area contributed by atoms with E-state index in [4.69, 9.17) is 5.73 Å². The lowest BCUT2D eigenvalue weighted by Crippen LogP contribution is -2.04. The number of benzene rings is 1. The minimum Gasteiger partial charge on any atom is -0.397 e. The minimum atomic E-state index is -0.228. The highest BCUT2D eigenvalue weighted by molar-refractivity contribution is 14.1. The maximum atomic E-state index is 13.1. The molecule has 0 aromatic heterocycles. The number of anilines is 2. The third-order valence-corrected chi connectivity index (χ3v) is 2.48. The van der Waals surface area contributed by atoms with Crippen molar-refractivity contribution in [2.24, 2.45) is 0 Å². The second kappa shape index (κ2) is 4.64. The molecule has 0 amide bonds. The van der Waals surface area contributed by atoms with Crippen LogP contribution < -0.4 is 11.1 Å². The number of nitrogens with one attached hydrogen (secondary N) is 1. The van der Waals surface area contributed by atoms with Crippen molar-refractivity contribution < 1.29 is 4.39 Å². The van der Waals surface area contributed by atoms with Crippen LogP contribution in [0.25, 0.3) is 0 Å². The minimum absolute atomic E-state index is 0.228. The van der Waals surface area contributed by atoms with Gasteiger partial charge in [-0.25, -0.2) is 4.39 Å². The lowest BCUT2D eigenvalue weighted by molar-refractivity contribution is 0.621. The van der Waals surface area contributed by atoms with Crippen molar-refractivity contribution in [2.75, 3.05) is 17.6 Å². The maximum Gasteiger partial charge on any atom is 0.138 e. The summed E-state index contributed by atoms with van der Waals surface area (Å²) in [5.74, 6) is -0.228. The maximum absolute atomic E-state index is 13.1. The van der Waals surface area contributed by atoms with Crippen molar-refractivity contribution in [2.45, 2.75) is 13.3 Å². The topological polar surface area (TPSA) is 38.0 Å². The van der Waals surface area contributed by atoms with Gasteiger partial charge in [0.2, 0.25) is 0 Å². The van der Waals surface area contributed by atoms with Crippen LogP contribution in [0.3, 0.4) is 0 Å². The molecule has 0 radical (unpaired) electrons. The van der Waals surface area contributed by atoms with Gasteiger partial charge in [0.25, 0.3) is 0 Å². The summed E-state index contributed by atoms with van der Waals surface area (Å²) < 4.78 is 13.6. The number of hydrogen-bond donors (Lipinski definition) is 2. The Morgan fingerprint density at radius 3 is 2.85 bits per heavy atom. The van der Waals surface area contributed by atoms with Crippen LogP contribution >= 0.6 is 22.6 Å². The molecule has 4 heteroatoms. The van der Waals surface area contributed by atoms with Crippen LogP contribution in [0.4, 0.5) is 15.8 Å². The summed E-state index contributed by atoms with van der Waals surface area (Å²) in [5.41, 5.74) is 6.97. The van der Waals surface area contributed by atoms with Gasteiger partial charge in [-0.15, -0.1) is 0 Å². The van der Waals surface area contributed by atoms with Gasteiger partial charge in [0.1, 0.15) is 5.82 Å². The molecule has 0 heterocycles. The zero-order valence-corrected chi connectivity index (χ0v) is 9.56. The Hall–Kier alpha value is -0.520. The van der Waals surface area contributed by atoms with Crippen molar-refractivity contribution in [1.29, 1.82) is 0 Å². The zero-order valence-electron chi connectivity index (χ0n) is 7.40. The highest BCUT2D eigenvalue weighted by atomic mass is 127. The van der Waals surface area contributed by atoms with E-state index < -0.39 is 0 Å². The van der Waals surface area contributed by atoms with E-state index in [1.54, 1.807) is 6.07 Å². The molecule has 1 aromatic rings. The fraction of sp³-hybridized carbons (Fsp3) is 0.333. The molecule has 72 valence electrons. The summed E-state index contributed by atoms with van der Waals surface area (Å²) in [7, 11) is 0. The molecule has 0 aliphatic carbocycles. The predicted octanol–water partition coefficient (Wildman–Crippen LogP) is 2.83. The molecule has 0 fully saturated rings. The molecule has 13 heavy (non-hydrogen) atoms. The molecule has 0 aliphatic rings. The van der Waals surface area contributed by atoms with Crippen molar-refractivity contribution >= 4 is 34.0 Å². The molecule has 0 saturated carbocycles. The normalized spacial score (nSPS) is 10.1. The van der Waals surface area contributed by atoms with E-state index in [2.05, 4.69) is 5.32 Å².